The van der Waals surface area contributed by atoms with Crippen LogP contribution in [0.25, 0.3) is 5.65 Å². The number of pyridine rings is 1. The van der Waals surface area contributed by atoms with Crippen LogP contribution in [0.1, 0.15) is 25.7 Å². The fourth-order valence-electron chi connectivity index (χ4n) is 1.90. The van der Waals surface area contributed by atoms with Crippen molar-refractivity contribution in [1.29, 1.82) is 0 Å². The Morgan fingerprint density at radius 2 is 2.06 bits per heavy atom. The number of imidazole rings is 1. The molecule has 0 spiro atoms. The first-order chi connectivity index (χ1) is 8.42. The lowest BCUT2D eigenvalue weighted by Gasteiger charge is -2.08. The number of aliphatic hydroxyl groups excluding tert-OH is 1. The zero-order valence-electron chi connectivity index (χ0n) is 9.97. The number of anilines is 1. The molecule has 0 aliphatic heterocycles. The van der Waals surface area contributed by atoms with Crippen LogP contribution < -0.4 is 5.32 Å². The van der Waals surface area contributed by atoms with Crippen LogP contribution in [0.4, 0.5) is 5.82 Å². The van der Waals surface area contributed by atoms with Crippen molar-refractivity contribution in [3.05, 3.63) is 30.6 Å². The van der Waals surface area contributed by atoms with Crippen molar-refractivity contribution in [3.8, 4) is 0 Å². The zero-order valence-corrected chi connectivity index (χ0v) is 9.97. The fraction of sp³-hybridized carbons (Fsp3) is 0.462. The summed E-state index contributed by atoms with van der Waals surface area (Å²) in [7, 11) is 0. The maximum Gasteiger partial charge on any atom is 0.138 e. The Balaban J connectivity index is 1.80. The number of aromatic nitrogens is 2. The number of rotatable bonds is 7. The van der Waals surface area contributed by atoms with Gasteiger partial charge in [-0.1, -0.05) is 18.9 Å². The SMILES string of the molecule is OCCCCCCNc1cccc2nccn12. The van der Waals surface area contributed by atoms with Gasteiger partial charge < -0.3 is 10.4 Å². The second kappa shape index (κ2) is 6.25. The molecule has 4 heteroatoms. The highest BCUT2D eigenvalue weighted by molar-refractivity contribution is 5.49. The Morgan fingerprint density at radius 1 is 1.18 bits per heavy atom. The first-order valence-corrected chi connectivity index (χ1v) is 6.18. The highest BCUT2D eigenvalue weighted by atomic mass is 16.2. The molecule has 0 bridgehead atoms. The van der Waals surface area contributed by atoms with Crippen LogP contribution in [0.5, 0.6) is 0 Å². The summed E-state index contributed by atoms with van der Waals surface area (Å²) in [5.41, 5.74) is 0.968. The second-order valence-corrected chi connectivity index (χ2v) is 4.13. The van der Waals surface area contributed by atoms with E-state index < -0.39 is 0 Å². The average Bonchev–Trinajstić information content (AvgIpc) is 2.82. The maximum absolute atomic E-state index is 8.67. The fourth-order valence-corrected chi connectivity index (χ4v) is 1.90. The smallest absolute Gasteiger partial charge is 0.138 e. The minimum Gasteiger partial charge on any atom is -0.396 e. The van der Waals surface area contributed by atoms with E-state index in [-0.39, 0.29) is 0 Å². The highest BCUT2D eigenvalue weighted by Gasteiger charge is 1.98. The van der Waals surface area contributed by atoms with Gasteiger partial charge in [0.25, 0.3) is 0 Å². The molecule has 0 aromatic carbocycles. The zero-order chi connectivity index (χ0) is 11.9. The summed E-state index contributed by atoms with van der Waals surface area (Å²) in [5.74, 6) is 1.09. The number of nitrogens with zero attached hydrogens (tertiary/aromatic N) is 2. The molecule has 4 nitrogen and oxygen atoms in total. The standard InChI is InChI=1S/C13H19N3O/c17-11-4-2-1-3-8-14-12-6-5-7-13-15-9-10-16(12)13/h5-7,9-10,14,17H,1-4,8,11H2. The van der Waals surface area contributed by atoms with E-state index in [0.717, 1.165) is 43.7 Å². The van der Waals surface area contributed by atoms with Gasteiger partial charge in [0.15, 0.2) is 0 Å². The van der Waals surface area contributed by atoms with E-state index in [1.165, 1.54) is 0 Å². The van der Waals surface area contributed by atoms with Gasteiger partial charge >= 0.3 is 0 Å². The normalized spacial score (nSPS) is 10.9. The molecule has 0 atom stereocenters. The van der Waals surface area contributed by atoms with E-state index in [1.807, 2.05) is 28.9 Å². The lowest BCUT2D eigenvalue weighted by atomic mass is 10.2. The molecule has 0 amide bonds. The molecular formula is C13H19N3O. The molecule has 0 saturated carbocycles. The third-order valence-corrected chi connectivity index (χ3v) is 2.82. The van der Waals surface area contributed by atoms with Crippen molar-refractivity contribution < 1.29 is 5.11 Å². The summed E-state index contributed by atoms with van der Waals surface area (Å²) in [6, 6.07) is 6.06. The largest absolute Gasteiger partial charge is 0.396 e. The topological polar surface area (TPSA) is 49.6 Å². The van der Waals surface area contributed by atoms with Crippen LogP contribution in [0.3, 0.4) is 0 Å². The molecule has 0 radical (unpaired) electrons. The number of fused-ring (bicyclic) bond motifs is 1. The molecule has 0 unspecified atom stereocenters. The van der Waals surface area contributed by atoms with E-state index >= 15 is 0 Å². The Hall–Kier alpha value is -1.55. The van der Waals surface area contributed by atoms with Crippen LogP contribution in [0.15, 0.2) is 30.6 Å². The van der Waals surface area contributed by atoms with Crippen LogP contribution in [-0.2, 0) is 0 Å². The first-order valence-electron chi connectivity index (χ1n) is 6.18. The minimum absolute atomic E-state index is 0.307. The number of nitrogens with one attached hydrogen (secondary N) is 1. The maximum atomic E-state index is 8.67. The molecule has 0 fully saturated rings. The quantitative estimate of drug-likeness (QED) is 0.721. The monoisotopic (exact) mass is 233 g/mol. The first kappa shape index (κ1) is 11.9. The van der Waals surface area contributed by atoms with Crippen LogP contribution in [0.2, 0.25) is 0 Å². The van der Waals surface area contributed by atoms with Gasteiger partial charge in [-0.3, -0.25) is 4.40 Å². The number of aliphatic hydroxyl groups is 1. The van der Waals surface area contributed by atoms with Crippen molar-refractivity contribution in [1.82, 2.24) is 9.38 Å². The van der Waals surface area contributed by atoms with Gasteiger partial charge in [0, 0.05) is 25.5 Å². The Morgan fingerprint density at radius 3 is 2.94 bits per heavy atom. The van der Waals surface area contributed by atoms with Gasteiger partial charge in [-0.25, -0.2) is 4.98 Å². The summed E-state index contributed by atoms with van der Waals surface area (Å²) in [6.45, 7) is 1.27. The molecule has 0 aliphatic carbocycles. The summed E-state index contributed by atoms with van der Waals surface area (Å²) < 4.78 is 2.05. The third-order valence-electron chi connectivity index (χ3n) is 2.82. The average molecular weight is 233 g/mol. The van der Waals surface area contributed by atoms with E-state index in [9.17, 15) is 0 Å². The van der Waals surface area contributed by atoms with E-state index in [2.05, 4.69) is 16.4 Å². The molecule has 2 N–H and O–H groups in total. The summed E-state index contributed by atoms with van der Waals surface area (Å²) in [4.78, 5) is 4.24. The molecule has 0 aliphatic rings. The van der Waals surface area contributed by atoms with Gasteiger partial charge in [-0.15, -0.1) is 0 Å². The van der Waals surface area contributed by atoms with E-state index in [0.29, 0.717) is 6.61 Å². The van der Waals surface area contributed by atoms with Crippen LogP contribution in [0, 0.1) is 0 Å². The summed E-state index contributed by atoms with van der Waals surface area (Å²) in [5, 5.41) is 12.1. The second-order valence-electron chi connectivity index (χ2n) is 4.13. The predicted molar refractivity (Wildman–Crippen MR) is 69.2 cm³/mol. The summed E-state index contributed by atoms with van der Waals surface area (Å²) >= 11 is 0. The summed E-state index contributed by atoms with van der Waals surface area (Å²) in [6.07, 6.45) is 8.08. The molecule has 92 valence electrons. The highest BCUT2D eigenvalue weighted by Crippen LogP contribution is 2.11. The molecule has 2 heterocycles. The molecule has 2 aromatic heterocycles. The number of hydrogen-bond acceptors (Lipinski definition) is 3. The Labute approximate surface area is 101 Å². The Kier molecular flexibility index (Phi) is 4.38. The van der Waals surface area contributed by atoms with Crippen molar-refractivity contribution in [2.75, 3.05) is 18.5 Å². The van der Waals surface area contributed by atoms with Crippen LogP contribution in [-0.4, -0.2) is 27.6 Å². The number of unbranched alkanes of at least 4 members (excludes halogenated alkanes) is 3. The van der Waals surface area contributed by atoms with Crippen LogP contribution >= 0.6 is 0 Å². The van der Waals surface area contributed by atoms with Crippen molar-refractivity contribution in [2.45, 2.75) is 25.7 Å². The lowest BCUT2D eigenvalue weighted by Crippen LogP contribution is -2.05. The lowest BCUT2D eigenvalue weighted by molar-refractivity contribution is 0.283. The Bertz CT molecular complexity index is 453. The molecule has 17 heavy (non-hydrogen) atoms. The van der Waals surface area contributed by atoms with Gasteiger partial charge in [0.2, 0.25) is 0 Å². The molecule has 0 saturated heterocycles. The minimum atomic E-state index is 0.307. The predicted octanol–water partition coefficient (Wildman–Crippen LogP) is 2.30. The van der Waals surface area contributed by atoms with Crippen molar-refractivity contribution in [3.63, 3.8) is 0 Å². The molecular weight excluding hydrogens is 214 g/mol. The molecule has 2 rings (SSSR count). The van der Waals surface area contributed by atoms with Gasteiger partial charge in [-0.05, 0) is 25.0 Å². The van der Waals surface area contributed by atoms with Gasteiger partial charge in [0.1, 0.15) is 11.5 Å². The van der Waals surface area contributed by atoms with Gasteiger partial charge in [-0.2, -0.15) is 0 Å². The van der Waals surface area contributed by atoms with Crippen molar-refractivity contribution >= 4 is 11.5 Å². The van der Waals surface area contributed by atoms with E-state index in [4.69, 9.17) is 5.11 Å². The van der Waals surface area contributed by atoms with Crippen molar-refractivity contribution in [2.24, 2.45) is 0 Å². The van der Waals surface area contributed by atoms with E-state index in [1.54, 1.807) is 0 Å². The third kappa shape index (κ3) is 3.20. The number of hydrogen-bond donors (Lipinski definition) is 2. The van der Waals surface area contributed by atoms with Gasteiger partial charge in [0.05, 0.1) is 0 Å². The molecule has 2 aromatic rings.